The molecule has 0 radical (unpaired) electrons. The molecule has 1 heteroatoms. The first-order valence-electron chi connectivity index (χ1n) is 7.91. The Bertz CT molecular complexity index is 713. The third-order valence-electron chi connectivity index (χ3n) is 3.70. The van der Waals surface area contributed by atoms with Gasteiger partial charge >= 0.3 is 0 Å². The maximum atomic E-state index is 3.81. The average molecular weight is 322 g/mol. The summed E-state index contributed by atoms with van der Waals surface area (Å²) < 4.78 is 0. The van der Waals surface area contributed by atoms with E-state index in [1.54, 1.807) is 0 Å². The zero-order valence-electron chi connectivity index (χ0n) is 14.5. The van der Waals surface area contributed by atoms with Gasteiger partial charge in [-0.15, -0.1) is 0 Å². The third kappa shape index (κ3) is 4.05. The van der Waals surface area contributed by atoms with Crippen molar-refractivity contribution in [2.45, 2.75) is 37.5 Å². The molecule has 0 aliphatic carbocycles. The Morgan fingerprint density at radius 2 is 1.61 bits per heavy atom. The van der Waals surface area contributed by atoms with Crippen LogP contribution < -0.4 is 0 Å². The fraction of sp³-hybridized carbons (Fsp3) is 0.182. The summed E-state index contributed by atoms with van der Waals surface area (Å²) in [6, 6.07) is 15.4. The molecule has 0 aliphatic heterocycles. The molecular formula is C22H25S+. The normalized spacial score (nSPS) is 13.3. The van der Waals surface area contributed by atoms with E-state index in [0.29, 0.717) is 0 Å². The highest BCUT2D eigenvalue weighted by Gasteiger charge is 2.32. The second-order valence-electron chi connectivity index (χ2n) is 5.63. The summed E-state index contributed by atoms with van der Waals surface area (Å²) in [6.45, 7) is 12.5. The van der Waals surface area contributed by atoms with Crippen molar-refractivity contribution in [3.05, 3.63) is 94.9 Å². The lowest BCUT2D eigenvalue weighted by atomic mass is 10.1. The van der Waals surface area contributed by atoms with Gasteiger partial charge in [-0.2, -0.15) is 0 Å². The Morgan fingerprint density at radius 1 is 1.00 bits per heavy atom. The van der Waals surface area contributed by atoms with Crippen molar-refractivity contribution < 1.29 is 0 Å². The van der Waals surface area contributed by atoms with Crippen LogP contribution in [0.25, 0.3) is 0 Å². The third-order valence-corrected chi connectivity index (χ3v) is 6.34. The summed E-state index contributed by atoms with van der Waals surface area (Å²) in [6.07, 6.45) is 8.26. The van der Waals surface area contributed by atoms with Gasteiger partial charge in [-0.1, -0.05) is 54.6 Å². The first-order chi connectivity index (χ1) is 11.1. The zero-order valence-corrected chi connectivity index (χ0v) is 15.3. The smallest absolute Gasteiger partial charge is 0.0991 e. The molecule has 0 N–H and O–H groups in total. The van der Waals surface area contributed by atoms with Crippen LogP contribution in [-0.2, 0) is 10.9 Å². The quantitative estimate of drug-likeness (QED) is 0.448. The lowest BCUT2D eigenvalue weighted by Gasteiger charge is -2.14. The van der Waals surface area contributed by atoms with E-state index in [0.717, 1.165) is 0 Å². The zero-order chi connectivity index (χ0) is 16.8. The maximum absolute atomic E-state index is 3.81. The lowest BCUT2D eigenvalue weighted by Crippen LogP contribution is -2.10. The van der Waals surface area contributed by atoms with Crippen molar-refractivity contribution in [2.75, 3.05) is 0 Å². The second-order valence-corrected chi connectivity index (χ2v) is 7.60. The summed E-state index contributed by atoms with van der Waals surface area (Å²) in [5.41, 5.74) is 4.05. The van der Waals surface area contributed by atoms with E-state index in [-0.39, 0.29) is 10.9 Å². The molecule has 1 unspecified atom stereocenters. The van der Waals surface area contributed by atoms with Gasteiger partial charge in [-0.05, 0) is 52.0 Å². The van der Waals surface area contributed by atoms with Gasteiger partial charge < -0.3 is 0 Å². The number of rotatable bonds is 5. The molecule has 0 heterocycles. The van der Waals surface area contributed by atoms with E-state index in [1.807, 2.05) is 12.2 Å². The van der Waals surface area contributed by atoms with Gasteiger partial charge in [0.25, 0.3) is 0 Å². The molecule has 23 heavy (non-hydrogen) atoms. The van der Waals surface area contributed by atoms with Gasteiger partial charge in [0.05, 0.1) is 10.9 Å². The Labute approximate surface area is 143 Å². The Kier molecular flexibility index (Phi) is 6.06. The van der Waals surface area contributed by atoms with E-state index in [9.17, 15) is 0 Å². The molecule has 2 aromatic carbocycles. The summed E-state index contributed by atoms with van der Waals surface area (Å²) in [7, 11) is -0.0954. The van der Waals surface area contributed by atoms with Crippen LogP contribution in [0.5, 0.6) is 0 Å². The molecule has 1 atom stereocenters. The Hall–Kier alpha value is -1.99. The van der Waals surface area contributed by atoms with Crippen LogP contribution in [0.2, 0.25) is 0 Å². The highest BCUT2D eigenvalue weighted by molar-refractivity contribution is 8.01. The molecule has 0 bridgehead atoms. The van der Waals surface area contributed by atoms with E-state index < -0.39 is 0 Å². The molecule has 0 aromatic heterocycles. The van der Waals surface area contributed by atoms with Crippen LogP contribution >= 0.6 is 0 Å². The molecule has 0 nitrogen and oxygen atoms in total. The molecule has 118 valence electrons. The number of allylic oxidation sites excluding steroid dienone is 4. The molecule has 0 saturated carbocycles. The van der Waals surface area contributed by atoms with Gasteiger partial charge in [0.1, 0.15) is 0 Å². The van der Waals surface area contributed by atoms with E-state index >= 15 is 0 Å². The second kappa shape index (κ2) is 8.03. The Balaban J connectivity index is 2.69. The number of hydrogen-bond donors (Lipinski definition) is 0. The molecule has 0 amide bonds. The maximum Gasteiger partial charge on any atom is 0.172 e. The van der Waals surface area contributed by atoms with Crippen molar-refractivity contribution in [3.63, 3.8) is 0 Å². The summed E-state index contributed by atoms with van der Waals surface area (Å²) in [5.74, 6) is 0. The van der Waals surface area contributed by atoms with Crippen molar-refractivity contribution in [3.8, 4) is 0 Å². The van der Waals surface area contributed by atoms with Crippen LogP contribution in [0.15, 0.2) is 88.0 Å². The topological polar surface area (TPSA) is 0 Å². The average Bonchev–Trinajstić information content (AvgIpc) is 2.53. The van der Waals surface area contributed by atoms with Crippen molar-refractivity contribution >= 4 is 10.9 Å². The molecule has 2 aromatic rings. The molecular weight excluding hydrogens is 296 g/mol. The van der Waals surface area contributed by atoms with E-state index in [2.05, 4.69) is 88.9 Å². The minimum atomic E-state index is -0.0954. The van der Waals surface area contributed by atoms with Gasteiger partial charge in [0.15, 0.2) is 14.7 Å². The van der Waals surface area contributed by atoms with Gasteiger partial charge in [0, 0.05) is 11.1 Å². The van der Waals surface area contributed by atoms with Crippen LogP contribution in [0.3, 0.4) is 0 Å². The van der Waals surface area contributed by atoms with Crippen molar-refractivity contribution in [2.24, 2.45) is 0 Å². The molecule has 0 fully saturated rings. The number of hydrogen-bond acceptors (Lipinski definition) is 0. The lowest BCUT2D eigenvalue weighted by molar-refractivity contribution is 1.17. The monoisotopic (exact) mass is 321 g/mol. The first-order valence-corrected chi connectivity index (χ1v) is 9.13. The minimum Gasteiger partial charge on any atom is -0.0991 e. The minimum absolute atomic E-state index is 0.0954. The highest BCUT2D eigenvalue weighted by atomic mass is 32.2. The fourth-order valence-corrected chi connectivity index (χ4v) is 5.25. The molecule has 0 spiro atoms. The van der Waals surface area contributed by atoms with E-state index in [1.165, 1.54) is 31.4 Å². The van der Waals surface area contributed by atoms with Gasteiger partial charge in [-0.25, -0.2) is 0 Å². The number of benzene rings is 2. The molecule has 2 rings (SSSR count). The van der Waals surface area contributed by atoms with Crippen LogP contribution in [0.4, 0.5) is 0 Å². The SMILES string of the molecule is C=C/C=C\C(=C/C)[S+](c1ccccc1)c1c(C)cc(C)cc1C. The van der Waals surface area contributed by atoms with Crippen molar-refractivity contribution in [1.29, 1.82) is 0 Å². The van der Waals surface area contributed by atoms with Gasteiger partial charge in [0.2, 0.25) is 0 Å². The summed E-state index contributed by atoms with van der Waals surface area (Å²) >= 11 is 0. The van der Waals surface area contributed by atoms with Gasteiger partial charge in [-0.3, -0.25) is 0 Å². The summed E-state index contributed by atoms with van der Waals surface area (Å²) in [5, 5.41) is 0. The van der Waals surface area contributed by atoms with Crippen LogP contribution in [0.1, 0.15) is 23.6 Å². The molecule has 0 aliphatic rings. The first kappa shape index (κ1) is 17.4. The summed E-state index contributed by atoms with van der Waals surface area (Å²) in [4.78, 5) is 4.11. The largest absolute Gasteiger partial charge is 0.172 e. The standard InChI is InChI=1S/C22H25S/c1-6-8-12-20(7-2)23(21-13-10-9-11-14-21)22-18(4)15-17(3)16-19(22)5/h6-16H,1H2,2-5H3/q+1/b12-8-,20-7+. The van der Waals surface area contributed by atoms with Crippen LogP contribution in [0, 0.1) is 20.8 Å². The highest BCUT2D eigenvalue weighted by Crippen LogP contribution is 2.35. The number of aryl methyl sites for hydroxylation is 3. The Morgan fingerprint density at radius 3 is 2.13 bits per heavy atom. The molecule has 0 saturated heterocycles. The predicted molar refractivity (Wildman–Crippen MR) is 104 cm³/mol. The van der Waals surface area contributed by atoms with E-state index in [4.69, 9.17) is 0 Å². The van der Waals surface area contributed by atoms with Crippen LogP contribution in [-0.4, -0.2) is 0 Å². The fourth-order valence-electron chi connectivity index (χ4n) is 2.86. The van der Waals surface area contributed by atoms with Crippen molar-refractivity contribution in [1.82, 2.24) is 0 Å². The predicted octanol–water partition coefficient (Wildman–Crippen LogP) is 6.29.